The van der Waals surface area contributed by atoms with Crippen molar-refractivity contribution in [3.05, 3.63) is 0 Å². The van der Waals surface area contributed by atoms with Gasteiger partial charge in [0.1, 0.15) is 0 Å². The third kappa shape index (κ3) is 2.46. The van der Waals surface area contributed by atoms with Crippen LogP contribution in [0.15, 0.2) is 0 Å². The van der Waals surface area contributed by atoms with Crippen LogP contribution in [-0.2, 0) is 4.74 Å². The zero-order valence-corrected chi connectivity index (χ0v) is 8.29. The van der Waals surface area contributed by atoms with E-state index < -0.39 is 6.29 Å². The lowest BCUT2D eigenvalue weighted by molar-refractivity contribution is -0.139. The van der Waals surface area contributed by atoms with Crippen LogP contribution in [0.5, 0.6) is 0 Å². The molecule has 0 amide bonds. The first-order valence-electron chi connectivity index (χ1n) is 4.91. The summed E-state index contributed by atoms with van der Waals surface area (Å²) in [5, 5.41) is 9.61. The zero-order chi connectivity index (χ0) is 9.14. The molecule has 3 atom stereocenters. The minimum absolute atomic E-state index is 0.329. The van der Waals surface area contributed by atoms with E-state index in [1.165, 1.54) is 6.42 Å². The number of ether oxygens (including phenoxy) is 1. The van der Waals surface area contributed by atoms with Crippen LogP contribution < -0.4 is 0 Å². The van der Waals surface area contributed by atoms with E-state index in [1.807, 2.05) is 0 Å². The minimum atomic E-state index is -0.532. The molecule has 1 N–H and O–H groups in total. The predicted octanol–water partition coefficient (Wildman–Crippen LogP) is 2.02. The van der Waals surface area contributed by atoms with Crippen molar-refractivity contribution >= 4 is 0 Å². The molecule has 1 saturated heterocycles. The fourth-order valence-corrected chi connectivity index (χ4v) is 1.75. The Bertz CT molecular complexity index is 134. The first-order valence-corrected chi connectivity index (χ1v) is 4.91. The highest BCUT2D eigenvalue weighted by Gasteiger charge is 2.26. The van der Waals surface area contributed by atoms with Crippen LogP contribution in [0, 0.1) is 17.8 Å². The Morgan fingerprint density at radius 3 is 2.58 bits per heavy atom. The summed E-state index contributed by atoms with van der Waals surface area (Å²) in [6.07, 6.45) is 1.75. The molecule has 72 valence electrons. The third-order valence-electron chi connectivity index (χ3n) is 2.77. The lowest BCUT2D eigenvalue weighted by Gasteiger charge is -2.23. The zero-order valence-electron chi connectivity index (χ0n) is 8.29. The van der Waals surface area contributed by atoms with E-state index in [1.54, 1.807) is 0 Å². The molecular weight excluding hydrogens is 152 g/mol. The molecule has 1 aliphatic heterocycles. The van der Waals surface area contributed by atoms with Crippen molar-refractivity contribution in [3.63, 3.8) is 0 Å². The maximum atomic E-state index is 9.61. The van der Waals surface area contributed by atoms with E-state index in [0.29, 0.717) is 24.4 Å². The van der Waals surface area contributed by atoms with Crippen molar-refractivity contribution in [1.29, 1.82) is 0 Å². The minimum Gasteiger partial charge on any atom is -0.368 e. The summed E-state index contributed by atoms with van der Waals surface area (Å²) < 4.78 is 5.34. The summed E-state index contributed by atoms with van der Waals surface area (Å²) in [4.78, 5) is 0. The van der Waals surface area contributed by atoms with Gasteiger partial charge in [0, 0.05) is 5.92 Å². The number of hydrogen-bond donors (Lipinski definition) is 1. The average molecular weight is 172 g/mol. The Labute approximate surface area is 74.9 Å². The fourth-order valence-electron chi connectivity index (χ4n) is 1.75. The molecule has 0 radical (unpaired) electrons. The third-order valence-corrected chi connectivity index (χ3v) is 2.77. The monoisotopic (exact) mass is 172 g/mol. The van der Waals surface area contributed by atoms with E-state index in [-0.39, 0.29) is 0 Å². The second kappa shape index (κ2) is 4.24. The standard InChI is InChI=1S/C10H20O2/c1-7(2)9-5-4-8(3)6-12-10(9)11/h7-11H,4-6H2,1-3H3. The van der Waals surface area contributed by atoms with Crippen molar-refractivity contribution in [2.24, 2.45) is 17.8 Å². The van der Waals surface area contributed by atoms with Gasteiger partial charge in [-0.15, -0.1) is 0 Å². The predicted molar refractivity (Wildman–Crippen MR) is 48.7 cm³/mol. The second-order valence-electron chi connectivity index (χ2n) is 4.31. The van der Waals surface area contributed by atoms with Crippen molar-refractivity contribution in [3.8, 4) is 0 Å². The van der Waals surface area contributed by atoms with E-state index in [9.17, 15) is 5.11 Å². The van der Waals surface area contributed by atoms with Crippen LogP contribution in [-0.4, -0.2) is 18.0 Å². The molecule has 3 unspecified atom stereocenters. The van der Waals surface area contributed by atoms with E-state index in [4.69, 9.17) is 4.74 Å². The average Bonchev–Trinajstić information content (AvgIpc) is 2.14. The number of rotatable bonds is 1. The van der Waals surface area contributed by atoms with Gasteiger partial charge in [-0.25, -0.2) is 0 Å². The van der Waals surface area contributed by atoms with Crippen LogP contribution in [0.25, 0.3) is 0 Å². The smallest absolute Gasteiger partial charge is 0.157 e. The molecule has 0 spiro atoms. The molecule has 2 heteroatoms. The Kier molecular flexibility index (Phi) is 3.53. The van der Waals surface area contributed by atoms with Gasteiger partial charge in [-0.3, -0.25) is 0 Å². The molecule has 1 aliphatic rings. The van der Waals surface area contributed by atoms with Crippen LogP contribution in [0.3, 0.4) is 0 Å². The maximum Gasteiger partial charge on any atom is 0.157 e. The summed E-state index contributed by atoms with van der Waals surface area (Å²) in [6.45, 7) is 7.18. The van der Waals surface area contributed by atoms with Crippen LogP contribution in [0.2, 0.25) is 0 Å². The van der Waals surface area contributed by atoms with Crippen LogP contribution in [0.1, 0.15) is 33.6 Å². The molecular formula is C10H20O2. The van der Waals surface area contributed by atoms with Gasteiger partial charge in [0.15, 0.2) is 6.29 Å². The first-order chi connectivity index (χ1) is 5.61. The van der Waals surface area contributed by atoms with Crippen molar-refractivity contribution in [1.82, 2.24) is 0 Å². The molecule has 0 aromatic heterocycles. The van der Waals surface area contributed by atoms with E-state index in [2.05, 4.69) is 20.8 Å². The highest BCUT2D eigenvalue weighted by atomic mass is 16.6. The van der Waals surface area contributed by atoms with Crippen molar-refractivity contribution in [2.75, 3.05) is 6.61 Å². The van der Waals surface area contributed by atoms with Crippen LogP contribution >= 0.6 is 0 Å². The van der Waals surface area contributed by atoms with Gasteiger partial charge in [0.25, 0.3) is 0 Å². The van der Waals surface area contributed by atoms with Gasteiger partial charge in [-0.1, -0.05) is 20.8 Å². The fraction of sp³-hybridized carbons (Fsp3) is 1.00. The molecule has 1 fully saturated rings. The molecule has 0 saturated carbocycles. The molecule has 0 bridgehead atoms. The summed E-state index contributed by atoms with van der Waals surface area (Å²) in [5.74, 6) is 1.45. The summed E-state index contributed by atoms with van der Waals surface area (Å²) in [7, 11) is 0. The van der Waals surface area contributed by atoms with Gasteiger partial charge in [-0.2, -0.15) is 0 Å². The van der Waals surface area contributed by atoms with Gasteiger partial charge in [0.05, 0.1) is 6.61 Å². The number of hydrogen-bond acceptors (Lipinski definition) is 2. The van der Waals surface area contributed by atoms with E-state index in [0.717, 1.165) is 6.42 Å². The molecule has 0 aromatic rings. The Morgan fingerprint density at radius 2 is 2.00 bits per heavy atom. The molecule has 2 nitrogen and oxygen atoms in total. The maximum absolute atomic E-state index is 9.61. The molecule has 0 aromatic carbocycles. The number of aliphatic hydroxyl groups excluding tert-OH is 1. The SMILES string of the molecule is CC1CCC(C(C)C)C(O)OC1. The normalized spacial score (nSPS) is 38.2. The summed E-state index contributed by atoms with van der Waals surface area (Å²) >= 11 is 0. The molecule has 1 rings (SSSR count). The highest BCUT2D eigenvalue weighted by Crippen LogP contribution is 2.27. The molecule has 1 heterocycles. The molecule has 12 heavy (non-hydrogen) atoms. The Morgan fingerprint density at radius 1 is 1.33 bits per heavy atom. The lowest BCUT2D eigenvalue weighted by Crippen LogP contribution is -2.26. The Hall–Kier alpha value is -0.0800. The van der Waals surface area contributed by atoms with Gasteiger partial charge in [-0.05, 0) is 24.7 Å². The summed E-state index contributed by atoms with van der Waals surface area (Å²) in [6, 6.07) is 0. The number of aliphatic hydroxyl groups is 1. The first kappa shape index (κ1) is 10.0. The van der Waals surface area contributed by atoms with Gasteiger partial charge < -0.3 is 9.84 Å². The molecule has 0 aliphatic carbocycles. The van der Waals surface area contributed by atoms with Crippen LogP contribution in [0.4, 0.5) is 0 Å². The second-order valence-corrected chi connectivity index (χ2v) is 4.31. The summed E-state index contributed by atoms with van der Waals surface area (Å²) in [5.41, 5.74) is 0. The van der Waals surface area contributed by atoms with Crippen molar-refractivity contribution < 1.29 is 9.84 Å². The quantitative estimate of drug-likeness (QED) is 0.655. The largest absolute Gasteiger partial charge is 0.368 e. The highest BCUT2D eigenvalue weighted by molar-refractivity contribution is 4.71. The van der Waals surface area contributed by atoms with Gasteiger partial charge in [0.2, 0.25) is 0 Å². The Balaban J connectivity index is 2.50. The lowest BCUT2D eigenvalue weighted by atomic mass is 9.89. The van der Waals surface area contributed by atoms with Gasteiger partial charge >= 0.3 is 0 Å². The van der Waals surface area contributed by atoms with Crippen molar-refractivity contribution in [2.45, 2.75) is 39.9 Å². The topological polar surface area (TPSA) is 29.5 Å². The van der Waals surface area contributed by atoms with E-state index >= 15 is 0 Å².